The number of carbonyl (C=O) groups excluding carboxylic acids is 1. The van der Waals surface area contributed by atoms with Crippen molar-refractivity contribution < 1.29 is 18.8 Å². The third kappa shape index (κ3) is 4.70. The van der Waals surface area contributed by atoms with Gasteiger partial charge in [-0.1, -0.05) is 12.5 Å². The van der Waals surface area contributed by atoms with Crippen molar-refractivity contribution in [3.63, 3.8) is 0 Å². The van der Waals surface area contributed by atoms with Gasteiger partial charge in [-0.25, -0.2) is 0 Å². The number of hydrogen-bond acceptors (Lipinski definition) is 5. The molecule has 0 aromatic carbocycles. The van der Waals surface area contributed by atoms with Crippen molar-refractivity contribution >= 4 is 19.3 Å². The van der Waals surface area contributed by atoms with Crippen LogP contribution in [0.1, 0.15) is 80.6 Å². The van der Waals surface area contributed by atoms with Gasteiger partial charge < -0.3 is 14.0 Å². The molecule has 2 heterocycles. The molecular formula is C22H36BNO4. The first-order valence-electron chi connectivity index (χ1n) is 10.7. The Morgan fingerprint density at radius 2 is 1.75 bits per heavy atom. The van der Waals surface area contributed by atoms with Gasteiger partial charge in [0.15, 0.2) is 0 Å². The molecule has 2 aliphatic heterocycles. The summed E-state index contributed by atoms with van der Waals surface area (Å²) < 4.78 is 17.9. The van der Waals surface area contributed by atoms with Gasteiger partial charge in [0.05, 0.1) is 23.2 Å². The molecule has 0 bridgehead atoms. The Labute approximate surface area is 170 Å². The second kappa shape index (κ2) is 7.60. The van der Waals surface area contributed by atoms with E-state index in [1.165, 1.54) is 0 Å². The molecule has 1 aliphatic carbocycles. The average molecular weight is 389 g/mol. The van der Waals surface area contributed by atoms with Crippen molar-refractivity contribution in [2.45, 2.75) is 103 Å². The lowest BCUT2D eigenvalue weighted by Crippen LogP contribution is -2.41. The van der Waals surface area contributed by atoms with Crippen molar-refractivity contribution in [2.24, 2.45) is 16.8 Å². The molecule has 0 radical (unpaired) electrons. The summed E-state index contributed by atoms with van der Waals surface area (Å²) in [5.41, 5.74) is -0.0728. The predicted octanol–water partition coefficient (Wildman–Crippen LogP) is 4.54. The third-order valence-corrected chi connectivity index (χ3v) is 6.52. The highest BCUT2D eigenvalue weighted by molar-refractivity contribution is 6.60. The Balaban J connectivity index is 1.59. The molecule has 156 valence electrons. The zero-order chi connectivity index (χ0) is 20.7. The van der Waals surface area contributed by atoms with Gasteiger partial charge >= 0.3 is 13.1 Å². The van der Waals surface area contributed by atoms with E-state index < -0.39 is 5.60 Å². The van der Waals surface area contributed by atoms with Gasteiger partial charge in [-0.2, -0.15) is 0 Å². The highest BCUT2D eigenvalue weighted by Gasteiger charge is 2.52. The van der Waals surface area contributed by atoms with E-state index in [-0.39, 0.29) is 36.2 Å². The lowest BCUT2D eigenvalue weighted by atomic mass is 9.78. The number of nitrogens with zero attached hydrogens (tertiary/aromatic N) is 1. The van der Waals surface area contributed by atoms with E-state index in [9.17, 15) is 4.79 Å². The second-order valence-electron chi connectivity index (χ2n) is 10.5. The molecule has 2 fully saturated rings. The summed E-state index contributed by atoms with van der Waals surface area (Å²) in [7, 11) is -0.348. The fourth-order valence-electron chi connectivity index (χ4n) is 4.12. The number of aliphatic imine (C=N–C) groups is 1. The maximum absolute atomic E-state index is 12.4. The highest BCUT2D eigenvalue weighted by atomic mass is 16.7. The molecular weight excluding hydrogens is 353 g/mol. The maximum atomic E-state index is 12.4. The van der Waals surface area contributed by atoms with Crippen LogP contribution in [0.5, 0.6) is 0 Å². The number of allylic oxidation sites excluding steroid dienone is 1. The van der Waals surface area contributed by atoms with Crippen molar-refractivity contribution in [2.75, 3.05) is 0 Å². The minimum absolute atomic E-state index is 0.0150. The summed E-state index contributed by atoms with van der Waals surface area (Å²) in [5.74, 6) is 0.432. The molecule has 28 heavy (non-hydrogen) atoms. The number of esters is 1. The molecule has 6 heteroatoms. The number of hydrogen-bond donors (Lipinski definition) is 0. The smallest absolute Gasteiger partial charge is 0.460 e. The van der Waals surface area contributed by atoms with Crippen molar-refractivity contribution in [1.29, 1.82) is 0 Å². The van der Waals surface area contributed by atoms with Crippen LogP contribution in [-0.2, 0) is 18.8 Å². The molecule has 3 rings (SSSR count). The van der Waals surface area contributed by atoms with E-state index in [2.05, 4.69) is 33.8 Å². The zero-order valence-corrected chi connectivity index (χ0v) is 18.6. The summed E-state index contributed by atoms with van der Waals surface area (Å²) in [5, 5.41) is 0. The molecule has 0 aromatic heterocycles. The first kappa shape index (κ1) is 21.6. The van der Waals surface area contributed by atoms with Crippen molar-refractivity contribution in [1.82, 2.24) is 0 Å². The van der Waals surface area contributed by atoms with Gasteiger partial charge in [0.25, 0.3) is 0 Å². The van der Waals surface area contributed by atoms with Gasteiger partial charge in [0.2, 0.25) is 0 Å². The van der Waals surface area contributed by atoms with Gasteiger partial charge in [0, 0.05) is 6.21 Å². The topological polar surface area (TPSA) is 57.1 Å². The minimum atomic E-state index is -0.418. The van der Waals surface area contributed by atoms with Crippen LogP contribution in [-0.4, -0.2) is 42.1 Å². The standard InChI is InChI=1S/C22H36BNO4/c1-20(2,3)26-19(25)16-10-8-9-15(11-12-16)18-13-17(14-24-18)23-27-21(4,5)22(6,7)28-23/h13-16,18H,8-12H2,1-7H3/t15?,16-,18?/m0/s1. The van der Waals surface area contributed by atoms with E-state index in [4.69, 9.17) is 19.0 Å². The fourth-order valence-corrected chi connectivity index (χ4v) is 4.12. The predicted molar refractivity (Wildman–Crippen MR) is 112 cm³/mol. The zero-order valence-electron chi connectivity index (χ0n) is 18.6. The van der Waals surface area contributed by atoms with Crippen LogP contribution in [0.4, 0.5) is 0 Å². The summed E-state index contributed by atoms with van der Waals surface area (Å²) in [4.78, 5) is 17.2. The third-order valence-electron chi connectivity index (χ3n) is 6.52. The van der Waals surface area contributed by atoms with Gasteiger partial charge in [-0.3, -0.25) is 9.79 Å². The normalized spacial score (nSPS) is 32.2. The quantitative estimate of drug-likeness (QED) is 0.404. The minimum Gasteiger partial charge on any atom is -0.460 e. The Morgan fingerprint density at radius 3 is 2.36 bits per heavy atom. The fraction of sp³-hybridized carbons (Fsp3) is 0.818. The van der Waals surface area contributed by atoms with Crippen LogP contribution in [0.15, 0.2) is 16.5 Å². The summed E-state index contributed by atoms with van der Waals surface area (Å²) >= 11 is 0. The van der Waals surface area contributed by atoms with Gasteiger partial charge in [-0.15, -0.1) is 0 Å². The molecule has 0 aromatic rings. The van der Waals surface area contributed by atoms with Crippen molar-refractivity contribution in [3.8, 4) is 0 Å². The van der Waals surface area contributed by atoms with Crippen molar-refractivity contribution in [3.05, 3.63) is 11.5 Å². The number of carbonyl (C=O) groups is 1. The largest absolute Gasteiger partial charge is 0.496 e. The van der Waals surface area contributed by atoms with Gasteiger partial charge in [-0.05, 0) is 85.5 Å². The average Bonchev–Trinajstić information content (AvgIpc) is 2.99. The van der Waals surface area contributed by atoms with Crippen LogP contribution in [0.3, 0.4) is 0 Å². The Hall–Kier alpha value is -1.14. The van der Waals surface area contributed by atoms with Crippen LogP contribution in [0.2, 0.25) is 0 Å². The number of ether oxygens (including phenoxy) is 1. The SMILES string of the molecule is CC(C)(C)OC(=O)[C@H]1CCCC(C2C=C(B3OC(C)(C)C(C)(C)O3)C=N2)CC1. The van der Waals surface area contributed by atoms with Crippen LogP contribution in [0, 0.1) is 11.8 Å². The van der Waals surface area contributed by atoms with E-state index in [1.807, 2.05) is 27.0 Å². The Kier molecular flexibility index (Phi) is 5.86. The molecule has 1 saturated heterocycles. The van der Waals surface area contributed by atoms with E-state index in [1.54, 1.807) is 0 Å². The van der Waals surface area contributed by atoms with E-state index in [0.29, 0.717) is 5.92 Å². The molecule has 3 atom stereocenters. The lowest BCUT2D eigenvalue weighted by Gasteiger charge is -2.32. The summed E-state index contributed by atoms with van der Waals surface area (Å²) in [6, 6.07) is 0.159. The first-order valence-corrected chi connectivity index (χ1v) is 10.7. The Bertz CT molecular complexity index is 646. The van der Waals surface area contributed by atoms with E-state index in [0.717, 1.165) is 37.6 Å². The molecule has 5 nitrogen and oxygen atoms in total. The maximum Gasteiger partial charge on any atom is 0.496 e. The first-order chi connectivity index (χ1) is 12.9. The van der Waals surface area contributed by atoms with Gasteiger partial charge in [0.1, 0.15) is 5.60 Å². The second-order valence-corrected chi connectivity index (χ2v) is 10.5. The molecule has 3 aliphatic rings. The number of rotatable bonds is 3. The summed E-state index contributed by atoms with van der Waals surface area (Å²) in [6.45, 7) is 14.1. The van der Waals surface area contributed by atoms with Crippen LogP contribution in [0.25, 0.3) is 0 Å². The monoisotopic (exact) mass is 389 g/mol. The summed E-state index contributed by atoms with van der Waals surface area (Å²) in [6.07, 6.45) is 9.05. The molecule has 0 N–H and O–H groups in total. The highest BCUT2D eigenvalue weighted by Crippen LogP contribution is 2.40. The molecule has 0 spiro atoms. The lowest BCUT2D eigenvalue weighted by molar-refractivity contribution is -0.160. The molecule has 1 saturated carbocycles. The van der Waals surface area contributed by atoms with Crippen LogP contribution >= 0.6 is 0 Å². The van der Waals surface area contributed by atoms with E-state index >= 15 is 0 Å². The molecule has 0 amide bonds. The molecule has 2 unspecified atom stereocenters. The van der Waals surface area contributed by atoms with Crippen LogP contribution < -0.4 is 0 Å². The Morgan fingerprint density at radius 1 is 1.11 bits per heavy atom.